The number of allylic oxidation sites excluding steroid dienone is 4. The fraction of sp³-hybridized carbons (Fsp3) is 0.364. The fourth-order valence-corrected chi connectivity index (χ4v) is 1.68. The molecule has 0 saturated heterocycles. The van der Waals surface area contributed by atoms with Crippen LogP contribution in [-0.2, 0) is 34.2 Å². The molecule has 6 radical (unpaired) electrons. The van der Waals surface area contributed by atoms with Crippen molar-refractivity contribution in [3.05, 3.63) is 21.7 Å². The van der Waals surface area contributed by atoms with Crippen LogP contribution in [0.1, 0.15) is 26.2 Å². The van der Waals surface area contributed by atoms with Gasteiger partial charge >= 0.3 is 67.7 Å². The summed E-state index contributed by atoms with van der Waals surface area (Å²) in [5, 5.41) is 0. The maximum Gasteiger partial charge on any atom is 0.281 e. The van der Waals surface area contributed by atoms with Crippen molar-refractivity contribution in [2.24, 2.45) is 0 Å². The summed E-state index contributed by atoms with van der Waals surface area (Å²) in [6.07, 6.45) is 8.26. The Bertz CT molecular complexity index is 195. The minimum Gasteiger partial charge on any atom is -0.281 e. The average Bonchev–Trinajstić information content (AvgIpc) is 2.74. The van der Waals surface area contributed by atoms with Gasteiger partial charge in [-0.1, -0.05) is 0 Å². The quantitative estimate of drug-likeness (QED) is 0.720. The van der Waals surface area contributed by atoms with E-state index in [-0.39, 0.29) is 0 Å². The molecule has 0 aromatic carbocycles. The molecule has 0 aliphatic heterocycles. The van der Waals surface area contributed by atoms with Crippen molar-refractivity contribution in [1.82, 2.24) is 0 Å². The van der Waals surface area contributed by atoms with Gasteiger partial charge in [0.05, 0.1) is 0 Å². The van der Waals surface area contributed by atoms with E-state index in [0.29, 0.717) is 0 Å². The van der Waals surface area contributed by atoms with Crippen LogP contribution in [0.25, 0.3) is 0 Å². The minimum absolute atomic E-state index is 1.19. The molecule has 0 heterocycles. The van der Waals surface area contributed by atoms with Gasteiger partial charge in [-0.25, -0.2) is 0 Å². The molecule has 0 saturated carbocycles. The van der Waals surface area contributed by atoms with Crippen LogP contribution in [-0.4, -0.2) is 20.4 Å². The number of hydrogen-bond donors (Lipinski definition) is 0. The molecular weight excluding hydrogens is 276 g/mol. The molecule has 0 spiro atoms. The number of hydrogen-bond acceptors (Lipinski definition) is 3. The van der Waals surface area contributed by atoms with E-state index >= 15 is 0 Å². The molecule has 0 fully saturated rings. The van der Waals surface area contributed by atoms with E-state index in [1.165, 1.54) is 19.3 Å². The van der Waals surface area contributed by atoms with E-state index in [2.05, 4.69) is 59.3 Å². The zero-order valence-corrected chi connectivity index (χ0v) is 10.4. The minimum atomic E-state index is 1.19. The predicted octanol–water partition coefficient (Wildman–Crippen LogP) is 1.36. The third kappa shape index (κ3) is 11.1. The largest absolute Gasteiger partial charge is 0.281 e. The second-order valence-electron chi connectivity index (χ2n) is 2.30. The van der Waals surface area contributed by atoms with Crippen molar-refractivity contribution in [3.8, 4) is 0 Å². The van der Waals surface area contributed by atoms with E-state index in [1.807, 2.05) is 0 Å². The third-order valence-corrected chi connectivity index (χ3v) is 2.55. The molecule has 15 heavy (non-hydrogen) atoms. The van der Waals surface area contributed by atoms with Crippen molar-refractivity contribution in [3.63, 3.8) is 0 Å². The van der Waals surface area contributed by atoms with Gasteiger partial charge in [-0.2, -0.15) is 0 Å². The molecule has 0 unspecified atom stereocenters. The summed E-state index contributed by atoms with van der Waals surface area (Å²) < 4.78 is 1.58. The zero-order valence-electron chi connectivity index (χ0n) is 8.41. The van der Waals surface area contributed by atoms with Gasteiger partial charge in [-0.05, 0) is 0 Å². The van der Waals surface area contributed by atoms with Crippen molar-refractivity contribution < 1.29 is 34.2 Å². The molecule has 0 aromatic heterocycles. The summed E-state index contributed by atoms with van der Waals surface area (Å²) in [7, 11) is 0. The Hall–Kier alpha value is -0.822. The molecule has 0 N–H and O–H groups in total. The Labute approximate surface area is 103 Å². The second-order valence-corrected chi connectivity index (χ2v) is 3.52. The number of rotatable bonds is 2. The smallest absolute Gasteiger partial charge is 0.281 e. The van der Waals surface area contributed by atoms with Crippen LogP contribution in [0, 0.1) is 0 Å². The summed E-state index contributed by atoms with van der Waals surface area (Å²) >= 11 is 2.16. The van der Waals surface area contributed by atoms with E-state index in [9.17, 15) is 0 Å². The Morgan fingerprint density at radius 3 is 1.93 bits per heavy atom. The maximum absolute atomic E-state index is 7.50. The van der Waals surface area contributed by atoms with Crippen molar-refractivity contribution >= 4 is 20.4 Å². The van der Waals surface area contributed by atoms with Crippen LogP contribution in [0.15, 0.2) is 21.7 Å². The first kappa shape index (κ1) is 19.7. The van der Waals surface area contributed by atoms with Gasteiger partial charge in [0, 0.05) is 0 Å². The summed E-state index contributed by atoms with van der Waals surface area (Å²) in [6.45, 7) is 15.7. The Kier molecular flexibility index (Phi) is 24.8. The molecule has 1 aliphatic rings. The first-order valence-corrected chi connectivity index (χ1v) is 5.01. The molecule has 0 atom stereocenters. The van der Waals surface area contributed by atoms with Crippen molar-refractivity contribution in [2.75, 3.05) is 0 Å². The van der Waals surface area contributed by atoms with Crippen LogP contribution < -0.4 is 0 Å². The average molecular weight is 287 g/mol. The van der Waals surface area contributed by atoms with Gasteiger partial charge < -0.3 is 0 Å². The van der Waals surface area contributed by atoms with Gasteiger partial charge in [-0.15, -0.1) is 0 Å². The summed E-state index contributed by atoms with van der Waals surface area (Å²) in [6, 6.07) is 0. The zero-order chi connectivity index (χ0) is 12.7. The van der Waals surface area contributed by atoms with Crippen molar-refractivity contribution in [1.29, 1.82) is 0 Å². The third-order valence-electron chi connectivity index (χ3n) is 1.50. The molecule has 0 amide bonds. The molecular formula is C11H11MoO3. The SMILES string of the molecule is CCCC1=[C]([Mo])CC=C1.[C]=O.[C]=O.[C]=O. The molecule has 0 bridgehead atoms. The fourth-order valence-electron chi connectivity index (χ4n) is 1.02. The van der Waals surface area contributed by atoms with E-state index in [4.69, 9.17) is 14.4 Å². The second kappa shape index (κ2) is 18.9. The van der Waals surface area contributed by atoms with Crippen LogP contribution in [0.5, 0.6) is 0 Å². The molecule has 1 aliphatic carbocycles. The number of carbonyl (C=O) groups excluding carboxylic acids is 3. The van der Waals surface area contributed by atoms with Gasteiger partial charge in [0.2, 0.25) is 0 Å². The van der Waals surface area contributed by atoms with E-state index in [0.717, 1.165) is 0 Å². The van der Waals surface area contributed by atoms with Gasteiger partial charge in [0.1, 0.15) is 0 Å². The van der Waals surface area contributed by atoms with E-state index in [1.54, 1.807) is 9.54 Å². The van der Waals surface area contributed by atoms with Gasteiger partial charge in [0.25, 0.3) is 20.4 Å². The summed E-state index contributed by atoms with van der Waals surface area (Å²) in [4.78, 5) is 22.5. The van der Waals surface area contributed by atoms with Crippen LogP contribution in [0.3, 0.4) is 0 Å². The summed E-state index contributed by atoms with van der Waals surface area (Å²) in [5.74, 6) is 0. The topological polar surface area (TPSA) is 51.2 Å². The Balaban J connectivity index is -0.000000208. The molecule has 0 aromatic rings. The van der Waals surface area contributed by atoms with Crippen LogP contribution in [0.4, 0.5) is 0 Å². The first-order chi connectivity index (χ1) is 7.34. The predicted molar refractivity (Wildman–Crippen MR) is 52.8 cm³/mol. The monoisotopic (exact) mass is 289 g/mol. The molecule has 1 rings (SSSR count). The Morgan fingerprint density at radius 1 is 1.20 bits per heavy atom. The van der Waals surface area contributed by atoms with Gasteiger partial charge in [0.15, 0.2) is 0 Å². The summed E-state index contributed by atoms with van der Waals surface area (Å²) in [5.41, 5.74) is 1.57. The van der Waals surface area contributed by atoms with Crippen LogP contribution in [0.2, 0.25) is 0 Å². The normalized spacial score (nSPS) is 11.3. The van der Waals surface area contributed by atoms with E-state index < -0.39 is 0 Å². The standard InChI is InChI=1S/C8H11.3CO.Mo/c1-2-5-8-6-3-4-7-8;3*1-2;/h3,6H,2,4-5H2,1H3;;;;. The van der Waals surface area contributed by atoms with Gasteiger partial charge in [-0.3, -0.25) is 14.4 Å². The first-order valence-electron chi connectivity index (χ1n) is 4.01. The Morgan fingerprint density at radius 2 is 1.67 bits per heavy atom. The molecule has 3 nitrogen and oxygen atoms in total. The van der Waals surface area contributed by atoms with Crippen molar-refractivity contribution in [2.45, 2.75) is 26.2 Å². The molecule has 79 valence electrons. The van der Waals surface area contributed by atoms with Crippen LogP contribution >= 0.6 is 0 Å². The maximum atomic E-state index is 7.50. The molecule has 4 heteroatoms.